The minimum absolute atomic E-state index is 0.0189. The summed E-state index contributed by atoms with van der Waals surface area (Å²) >= 11 is 3.31. The first-order valence-corrected chi connectivity index (χ1v) is 10.2. The standard InChI is InChI=1S/C16H17BrN4O5S/c1-19-12-13(20(2)16(23)21(3)14(12)22)18-15(19)27(24,25)8-9-7-10(17)5-6-11(9)26-4/h5-7H,8H2,1-4H3. The first kappa shape index (κ1) is 19.4. The van der Waals surface area contributed by atoms with E-state index < -0.39 is 21.1 Å². The van der Waals surface area contributed by atoms with Gasteiger partial charge in [-0.1, -0.05) is 15.9 Å². The molecule has 0 atom stereocenters. The number of methoxy groups -OCH3 is 1. The topological polar surface area (TPSA) is 105 Å². The van der Waals surface area contributed by atoms with E-state index in [4.69, 9.17) is 4.74 Å². The van der Waals surface area contributed by atoms with Crippen LogP contribution in [0, 0.1) is 0 Å². The van der Waals surface area contributed by atoms with E-state index in [2.05, 4.69) is 20.9 Å². The van der Waals surface area contributed by atoms with Crippen molar-refractivity contribution in [2.75, 3.05) is 7.11 Å². The van der Waals surface area contributed by atoms with Crippen LogP contribution >= 0.6 is 15.9 Å². The molecule has 9 nitrogen and oxygen atoms in total. The molecular formula is C16H17BrN4O5S. The summed E-state index contributed by atoms with van der Waals surface area (Å²) in [6, 6.07) is 5.04. The van der Waals surface area contributed by atoms with Gasteiger partial charge < -0.3 is 9.30 Å². The molecule has 0 aliphatic heterocycles. The van der Waals surface area contributed by atoms with Gasteiger partial charge in [-0.2, -0.15) is 4.98 Å². The first-order valence-electron chi connectivity index (χ1n) is 7.76. The maximum absolute atomic E-state index is 13.0. The number of rotatable bonds is 4. The summed E-state index contributed by atoms with van der Waals surface area (Å²) in [6.45, 7) is 0. The number of imidazole rings is 1. The van der Waals surface area contributed by atoms with E-state index in [9.17, 15) is 18.0 Å². The summed E-state index contributed by atoms with van der Waals surface area (Å²) in [6.07, 6.45) is 0. The number of hydrogen-bond donors (Lipinski definition) is 0. The van der Waals surface area contributed by atoms with E-state index in [-0.39, 0.29) is 22.1 Å². The lowest BCUT2D eigenvalue weighted by Crippen LogP contribution is -2.37. The SMILES string of the molecule is COc1ccc(Br)cc1CS(=O)(=O)c1nc2c(c(=O)n(C)c(=O)n2C)n1C. The van der Waals surface area contributed by atoms with Gasteiger partial charge in [0, 0.05) is 31.2 Å². The van der Waals surface area contributed by atoms with Crippen molar-refractivity contribution < 1.29 is 13.2 Å². The van der Waals surface area contributed by atoms with Crippen molar-refractivity contribution in [1.29, 1.82) is 0 Å². The molecule has 0 N–H and O–H groups in total. The van der Waals surface area contributed by atoms with Crippen LogP contribution < -0.4 is 16.0 Å². The number of halogens is 1. The Labute approximate surface area is 162 Å². The molecule has 0 unspecified atom stereocenters. The van der Waals surface area contributed by atoms with Crippen LogP contribution in [-0.4, -0.2) is 34.2 Å². The van der Waals surface area contributed by atoms with Gasteiger partial charge in [0.15, 0.2) is 11.2 Å². The molecule has 144 valence electrons. The monoisotopic (exact) mass is 456 g/mol. The Kier molecular flexibility index (Phi) is 4.76. The van der Waals surface area contributed by atoms with Crippen LogP contribution in [0.1, 0.15) is 5.56 Å². The second-order valence-corrected chi connectivity index (χ2v) is 8.85. The Balaban J connectivity index is 2.24. The average Bonchev–Trinajstić information content (AvgIpc) is 2.96. The number of sulfone groups is 1. The van der Waals surface area contributed by atoms with Crippen LogP contribution in [0.15, 0.2) is 37.4 Å². The van der Waals surface area contributed by atoms with E-state index in [1.54, 1.807) is 18.2 Å². The van der Waals surface area contributed by atoms with Gasteiger partial charge in [0.05, 0.1) is 12.9 Å². The third kappa shape index (κ3) is 3.10. The summed E-state index contributed by atoms with van der Waals surface area (Å²) in [7, 11) is 1.73. The quantitative estimate of drug-likeness (QED) is 0.572. The number of fused-ring (bicyclic) bond motifs is 1. The van der Waals surface area contributed by atoms with Gasteiger partial charge in [-0.05, 0) is 18.2 Å². The molecule has 0 saturated carbocycles. The maximum atomic E-state index is 13.0. The number of aromatic nitrogens is 4. The van der Waals surface area contributed by atoms with Crippen molar-refractivity contribution in [3.8, 4) is 5.75 Å². The van der Waals surface area contributed by atoms with Crippen LogP contribution in [0.3, 0.4) is 0 Å². The minimum Gasteiger partial charge on any atom is -0.496 e. The number of benzene rings is 1. The van der Waals surface area contributed by atoms with Gasteiger partial charge >= 0.3 is 5.69 Å². The molecule has 0 aliphatic rings. The highest BCUT2D eigenvalue weighted by atomic mass is 79.9. The largest absolute Gasteiger partial charge is 0.496 e. The third-order valence-electron chi connectivity index (χ3n) is 4.30. The van der Waals surface area contributed by atoms with Gasteiger partial charge in [0.2, 0.25) is 15.0 Å². The molecule has 0 spiro atoms. The normalized spacial score (nSPS) is 11.9. The second-order valence-electron chi connectivity index (χ2n) is 6.05. The summed E-state index contributed by atoms with van der Waals surface area (Å²) in [5.41, 5.74) is -0.682. The van der Waals surface area contributed by atoms with Gasteiger partial charge in [-0.15, -0.1) is 0 Å². The molecule has 3 rings (SSSR count). The van der Waals surface area contributed by atoms with Gasteiger partial charge in [-0.3, -0.25) is 13.9 Å². The highest BCUT2D eigenvalue weighted by molar-refractivity contribution is 9.10. The summed E-state index contributed by atoms with van der Waals surface area (Å²) < 4.78 is 35.2. The van der Waals surface area contributed by atoms with Crippen molar-refractivity contribution >= 4 is 36.9 Å². The molecule has 2 aromatic heterocycles. The second kappa shape index (κ2) is 6.64. The van der Waals surface area contributed by atoms with Crippen molar-refractivity contribution in [2.24, 2.45) is 21.1 Å². The van der Waals surface area contributed by atoms with Crippen LogP contribution in [0.2, 0.25) is 0 Å². The van der Waals surface area contributed by atoms with E-state index in [1.807, 2.05) is 0 Å². The Morgan fingerprint density at radius 3 is 2.41 bits per heavy atom. The Bertz CT molecular complexity index is 1290. The lowest BCUT2D eigenvalue weighted by Gasteiger charge is -2.09. The third-order valence-corrected chi connectivity index (χ3v) is 6.41. The van der Waals surface area contributed by atoms with Crippen LogP contribution in [0.25, 0.3) is 11.2 Å². The lowest BCUT2D eigenvalue weighted by atomic mass is 10.2. The van der Waals surface area contributed by atoms with Crippen LogP contribution in [-0.2, 0) is 36.7 Å². The molecule has 0 saturated heterocycles. The van der Waals surface area contributed by atoms with E-state index in [1.165, 1.54) is 32.8 Å². The molecule has 11 heteroatoms. The number of aryl methyl sites for hydroxylation is 2. The van der Waals surface area contributed by atoms with E-state index in [0.29, 0.717) is 15.8 Å². The highest BCUT2D eigenvalue weighted by Gasteiger charge is 2.27. The summed E-state index contributed by atoms with van der Waals surface area (Å²) in [4.78, 5) is 28.6. The zero-order valence-electron chi connectivity index (χ0n) is 15.1. The van der Waals surface area contributed by atoms with Crippen LogP contribution in [0.4, 0.5) is 0 Å². The molecule has 1 aromatic carbocycles. The lowest BCUT2D eigenvalue weighted by molar-refractivity contribution is 0.411. The fourth-order valence-electron chi connectivity index (χ4n) is 2.91. The zero-order chi connectivity index (χ0) is 20.1. The molecule has 0 bridgehead atoms. The van der Waals surface area contributed by atoms with Crippen LogP contribution in [0.5, 0.6) is 5.75 Å². The zero-order valence-corrected chi connectivity index (χ0v) is 17.5. The Morgan fingerprint density at radius 2 is 1.78 bits per heavy atom. The predicted octanol–water partition coefficient (Wildman–Crippen LogP) is 0.716. The smallest absolute Gasteiger partial charge is 0.332 e. The predicted molar refractivity (Wildman–Crippen MR) is 103 cm³/mol. The Hall–Kier alpha value is -2.40. The molecular weight excluding hydrogens is 440 g/mol. The summed E-state index contributed by atoms with van der Waals surface area (Å²) in [5.74, 6) is 0.0463. The molecule has 0 fully saturated rings. The highest BCUT2D eigenvalue weighted by Crippen LogP contribution is 2.27. The molecule has 0 amide bonds. The fraction of sp³-hybridized carbons (Fsp3) is 0.312. The first-order chi connectivity index (χ1) is 12.6. The van der Waals surface area contributed by atoms with Crippen molar-refractivity contribution in [1.82, 2.24) is 18.7 Å². The number of hydrogen-bond acceptors (Lipinski definition) is 6. The maximum Gasteiger partial charge on any atom is 0.332 e. The molecule has 0 aliphatic carbocycles. The van der Waals surface area contributed by atoms with Gasteiger partial charge in [0.1, 0.15) is 5.75 Å². The van der Waals surface area contributed by atoms with Gasteiger partial charge in [-0.25, -0.2) is 13.2 Å². The molecule has 27 heavy (non-hydrogen) atoms. The fourth-order valence-corrected chi connectivity index (χ4v) is 4.81. The van der Waals surface area contributed by atoms with Crippen molar-refractivity contribution in [3.05, 3.63) is 49.1 Å². The summed E-state index contributed by atoms with van der Waals surface area (Å²) in [5, 5.41) is -0.294. The average molecular weight is 457 g/mol. The van der Waals surface area contributed by atoms with Gasteiger partial charge in [0.25, 0.3) is 5.56 Å². The van der Waals surface area contributed by atoms with E-state index >= 15 is 0 Å². The van der Waals surface area contributed by atoms with Crippen molar-refractivity contribution in [3.63, 3.8) is 0 Å². The molecule has 0 radical (unpaired) electrons. The number of ether oxygens (including phenoxy) is 1. The molecule has 2 heterocycles. The van der Waals surface area contributed by atoms with E-state index in [0.717, 1.165) is 9.13 Å². The van der Waals surface area contributed by atoms with Crippen molar-refractivity contribution in [2.45, 2.75) is 10.9 Å². The Morgan fingerprint density at radius 1 is 1.11 bits per heavy atom. The molecule has 3 aromatic rings. The number of nitrogens with zero attached hydrogens (tertiary/aromatic N) is 4. The minimum atomic E-state index is -3.93.